The van der Waals surface area contributed by atoms with Crippen molar-refractivity contribution in [2.75, 3.05) is 45.2 Å². The fourth-order valence-electron chi connectivity index (χ4n) is 3.96. The minimum absolute atomic E-state index is 0.0688. The van der Waals surface area contributed by atoms with E-state index in [9.17, 15) is 13.2 Å². The van der Waals surface area contributed by atoms with Gasteiger partial charge in [0.2, 0.25) is 10.0 Å². The summed E-state index contributed by atoms with van der Waals surface area (Å²) < 4.78 is 28.2. The highest BCUT2D eigenvalue weighted by molar-refractivity contribution is 7.89. The molecule has 1 aliphatic rings. The molecule has 0 bridgehead atoms. The van der Waals surface area contributed by atoms with Crippen LogP contribution >= 0.6 is 0 Å². The number of carbonyl (C=O) groups excluding carboxylic acids is 1. The van der Waals surface area contributed by atoms with Crippen LogP contribution in [-0.2, 0) is 16.6 Å². The van der Waals surface area contributed by atoms with Gasteiger partial charge in [0.25, 0.3) is 5.91 Å². The van der Waals surface area contributed by atoms with Crippen LogP contribution in [0.1, 0.15) is 10.5 Å². The number of sulfonamides is 1. The van der Waals surface area contributed by atoms with Crippen LogP contribution in [0.3, 0.4) is 0 Å². The Morgan fingerprint density at radius 3 is 2.50 bits per heavy atom. The van der Waals surface area contributed by atoms with Crippen LogP contribution in [0.5, 0.6) is 0 Å². The van der Waals surface area contributed by atoms with Gasteiger partial charge in [-0.15, -0.1) is 6.58 Å². The van der Waals surface area contributed by atoms with Gasteiger partial charge in [-0.1, -0.05) is 12.1 Å². The number of aromatic nitrogens is 2. The van der Waals surface area contributed by atoms with Crippen LogP contribution in [0, 0.1) is 0 Å². The van der Waals surface area contributed by atoms with E-state index in [0.29, 0.717) is 43.8 Å². The summed E-state index contributed by atoms with van der Waals surface area (Å²) in [5, 5.41) is 0.713. The van der Waals surface area contributed by atoms with Crippen molar-refractivity contribution >= 4 is 32.7 Å². The molecule has 0 N–H and O–H groups in total. The SMILES string of the molecule is C=CCn1c(C(=O)N2CCN(c3ccccn3)CC2)cc2cc(S(=O)(=O)N(C)C)ccc21. The Hall–Kier alpha value is -3.17. The highest BCUT2D eigenvalue weighted by Gasteiger charge is 2.26. The topological polar surface area (TPSA) is 78.8 Å². The molecule has 3 aromatic rings. The van der Waals surface area contributed by atoms with Crippen molar-refractivity contribution in [3.8, 4) is 0 Å². The molecule has 32 heavy (non-hydrogen) atoms. The van der Waals surface area contributed by atoms with Gasteiger partial charge in [-0.2, -0.15) is 0 Å². The number of piperazine rings is 1. The maximum absolute atomic E-state index is 13.4. The second-order valence-electron chi connectivity index (χ2n) is 7.90. The summed E-state index contributed by atoms with van der Waals surface area (Å²) in [4.78, 5) is 22.0. The van der Waals surface area contributed by atoms with Crippen molar-refractivity contribution in [3.05, 3.63) is 67.0 Å². The number of hydrogen-bond acceptors (Lipinski definition) is 5. The van der Waals surface area contributed by atoms with Crippen molar-refractivity contribution in [2.24, 2.45) is 0 Å². The molecule has 0 aliphatic carbocycles. The molecule has 168 valence electrons. The molecular formula is C23H27N5O3S. The summed E-state index contributed by atoms with van der Waals surface area (Å²) in [6.45, 7) is 6.86. The van der Waals surface area contributed by atoms with Crippen molar-refractivity contribution in [2.45, 2.75) is 11.4 Å². The zero-order chi connectivity index (χ0) is 22.9. The number of benzene rings is 1. The van der Waals surface area contributed by atoms with Gasteiger partial charge in [0.05, 0.1) is 4.90 Å². The monoisotopic (exact) mass is 453 g/mol. The summed E-state index contributed by atoms with van der Waals surface area (Å²) in [6, 6.07) is 12.6. The van der Waals surface area contributed by atoms with Gasteiger partial charge in [0.15, 0.2) is 0 Å². The molecule has 1 fully saturated rings. The summed E-state index contributed by atoms with van der Waals surface area (Å²) in [5.74, 6) is 0.843. The highest BCUT2D eigenvalue weighted by Crippen LogP contribution is 2.26. The lowest BCUT2D eigenvalue weighted by atomic mass is 10.2. The van der Waals surface area contributed by atoms with Crippen LogP contribution in [-0.4, -0.2) is 73.4 Å². The minimum atomic E-state index is -3.56. The third-order valence-corrected chi connectivity index (χ3v) is 7.53. The molecule has 0 radical (unpaired) electrons. The average molecular weight is 454 g/mol. The molecular weight excluding hydrogens is 426 g/mol. The third-order valence-electron chi connectivity index (χ3n) is 5.72. The standard InChI is InChI=1S/C23H27N5O3S/c1-4-11-28-20-9-8-19(32(30,31)25(2)3)16-18(20)17-21(28)23(29)27-14-12-26(13-15-27)22-7-5-6-10-24-22/h4-10,16-17H,1,11-15H2,2-3H3. The number of allylic oxidation sites excluding steroid dienone is 1. The van der Waals surface area contributed by atoms with Gasteiger partial charge in [-0.25, -0.2) is 17.7 Å². The smallest absolute Gasteiger partial charge is 0.270 e. The van der Waals surface area contributed by atoms with Gasteiger partial charge < -0.3 is 14.4 Å². The largest absolute Gasteiger partial charge is 0.353 e. The fourth-order valence-corrected chi connectivity index (χ4v) is 4.90. The molecule has 3 heterocycles. The predicted octanol–water partition coefficient (Wildman–Crippen LogP) is 2.44. The van der Waals surface area contributed by atoms with Crippen molar-refractivity contribution in [1.82, 2.24) is 18.8 Å². The first-order valence-electron chi connectivity index (χ1n) is 10.4. The second kappa shape index (κ2) is 8.76. The molecule has 0 atom stereocenters. The van der Waals surface area contributed by atoms with Crippen molar-refractivity contribution in [1.29, 1.82) is 0 Å². The molecule has 0 saturated carbocycles. The van der Waals surface area contributed by atoms with Crippen LogP contribution in [0.4, 0.5) is 5.82 Å². The highest BCUT2D eigenvalue weighted by atomic mass is 32.2. The first-order valence-corrected chi connectivity index (χ1v) is 11.9. The first-order chi connectivity index (χ1) is 15.3. The predicted molar refractivity (Wildman–Crippen MR) is 125 cm³/mol. The molecule has 1 saturated heterocycles. The lowest BCUT2D eigenvalue weighted by Crippen LogP contribution is -2.49. The molecule has 1 aliphatic heterocycles. The zero-order valence-electron chi connectivity index (χ0n) is 18.3. The molecule has 4 rings (SSSR count). The number of hydrogen-bond donors (Lipinski definition) is 0. The Balaban J connectivity index is 1.62. The van der Waals surface area contributed by atoms with Crippen LogP contribution in [0.25, 0.3) is 10.9 Å². The number of fused-ring (bicyclic) bond motifs is 1. The van der Waals surface area contributed by atoms with Crippen LogP contribution in [0.2, 0.25) is 0 Å². The van der Waals surface area contributed by atoms with E-state index in [1.54, 1.807) is 36.5 Å². The summed E-state index contributed by atoms with van der Waals surface area (Å²) >= 11 is 0. The quantitative estimate of drug-likeness (QED) is 0.536. The molecule has 1 amide bonds. The fraction of sp³-hybridized carbons (Fsp3) is 0.304. The molecule has 8 nitrogen and oxygen atoms in total. The van der Waals surface area contributed by atoms with E-state index in [1.165, 1.54) is 18.4 Å². The molecule has 2 aromatic heterocycles. The number of amides is 1. The van der Waals surface area contributed by atoms with E-state index >= 15 is 0 Å². The van der Waals surface area contributed by atoms with E-state index in [-0.39, 0.29) is 10.8 Å². The minimum Gasteiger partial charge on any atom is -0.353 e. The second-order valence-corrected chi connectivity index (χ2v) is 10.1. The molecule has 0 spiro atoms. The van der Waals surface area contributed by atoms with Gasteiger partial charge >= 0.3 is 0 Å². The van der Waals surface area contributed by atoms with Crippen LogP contribution < -0.4 is 4.90 Å². The van der Waals surface area contributed by atoms with Gasteiger partial charge in [-0.3, -0.25) is 4.79 Å². The Morgan fingerprint density at radius 2 is 1.88 bits per heavy atom. The molecule has 1 aromatic carbocycles. The van der Waals surface area contributed by atoms with E-state index in [2.05, 4.69) is 16.5 Å². The Bertz CT molecular complexity index is 1240. The summed E-state index contributed by atoms with van der Waals surface area (Å²) in [6.07, 6.45) is 3.51. The lowest BCUT2D eigenvalue weighted by molar-refractivity contribution is 0.0736. The van der Waals surface area contributed by atoms with E-state index < -0.39 is 10.0 Å². The van der Waals surface area contributed by atoms with E-state index in [0.717, 1.165) is 11.3 Å². The Labute approximate surface area is 188 Å². The van der Waals surface area contributed by atoms with E-state index in [4.69, 9.17) is 0 Å². The molecule has 9 heteroatoms. The number of nitrogens with zero attached hydrogens (tertiary/aromatic N) is 5. The average Bonchev–Trinajstić information content (AvgIpc) is 3.17. The van der Waals surface area contributed by atoms with Gasteiger partial charge in [0.1, 0.15) is 11.5 Å². The number of pyridine rings is 1. The van der Waals surface area contributed by atoms with Crippen molar-refractivity contribution in [3.63, 3.8) is 0 Å². The van der Waals surface area contributed by atoms with E-state index in [1.807, 2.05) is 27.7 Å². The Morgan fingerprint density at radius 1 is 1.12 bits per heavy atom. The lowest BCUT2D eigenvalue weighted by Gasteiger charge is -2.35. The molecule has 0 unspecified atom stereocenters. The maximum Gasteiger partial charge on any atom is 0.270 e. The maximum atomic E-state index is 13.4. The Kier molecular flexibility index (Phi) is 6.03. The summed E-state index contributed by atoms with van der Waals surface area (Å²) in [7, 11) is -0.556. The van der Waals surface area contributed by atoms with Crippen LogP contribution in [0.15, 0.2) is 66.2 Å². The first kappa shape index (κ1) is 22.0. The number of carbonyl (C=O) groups is 1. The van der Waals surface area contributed by atoms with Gasteiger partial charge in [0, 0.05) is 63.9 Å². The number of rotatable bonds is 6. The number of anilines is 1. The summed E-state index contributed by atoms with van der Waals surface area (Å²) in [5.41, 5.74) is 1.34. The zero-order valence-corrected chi connectivity index (χ0v) is 19.1. The van der Waals surface area contributed by atoms with Gasteiger partial charge in [-0.05, 0) is 36.4 Å². The van der Waals surface area contributed by atoms with Crippen molar-refractivity contribution < 1.29 is 13.2 Å². The normalized spacial score (nSPS) is 14.8. The third kappa shape index (κ3) is 4.01.